The standard InChI is InChI=1S/C12H15FN2/c1-12(2,13)11(9-14)15(3)10-7-5-4-6-8-10/h4-8,11H,1-3H3/t11-/m1/s1. The summed E-state index contributed by atoms with van der Waals surface area (Å²) in [5.41, 5.74) is -0.700. The van der Waals surface area contributed by atoms with Crippen LogP contribution in [0.1, 0.15) is 13.8 Å². The summed E-state index contributed by atoms with van der Waals surface area (Å²) in [4.78, 5) is 1.65. The number of para-hydroxylation sites is 1. The topological polar surface area (TPSA) is 27.0 Å². The highest BCUT2D eigenvalue weighted by molar-refractivity contribution is 5.48. The molecule has 0 unspecified atom stereocenters. The quantitative estimate of drug-likeness (QED) is 0.760. The Kier molecular flexibility index (Phi) is 3.31. The van der Waals surface area contributed by atoms with Crippen LogP contribution in [0, 0.1) is 11.3 Å². The maximum Gasteiger partial charge on any atom is 0.150 e. The van der Waals surface area contributed by atoms with E-state index in [9.17, 15) is 4.39 Å². The van der Waals surface area contributed by atoms with Gasteiger partial charge in [0.25, 0.3) is 0 Å². The third-order valence-corrected chi connectivity index (χ3v) is 2.32. The minimum Gasteiger partial charge on any atom is -0.356 e. The normalized spacial score (nSPS) is 13.0. The van der Waals surface area contributed by atoms with Gasteiger partial charge in [-0.1, -0.05) is 18.2 Å². The summed E-state index contributed by atoms with van der Waals surface area (Å²) in [6, 6.07) is 10.5. The third-order valence-electron chi connectivity index (χ3n) is 2.32. The fraction of sp³-hybridized carbons (Fsp3) is 0.417. The SMILES string of the molecule is CN(c1ccccc1)[C@H](C#N)C(C)(C)F. The van der Waals surface area contributed by atoms with Crippen molar-refractivity contribution in [3.05, 3.63) is 30.3 Å². The Morgan fingerprint density at radius 1 is 1.33 bits per heavy atom. The Bertz CT molecular complexity index is 348. The largest absolute Gasteiger partial charge is 0.356 e. The molecule has 1 rings (SSSR count). The van der Waals surface area contributed by atoms with Crippen molar-refractivity contribution in [2.75, 3.05) is 11.9 Å². The van der Waals surface area contributed by atoms with Crippen LogP contribution in [-0.4, -0.2) is 18.8 Å². The predicted molar refractivity (Wildman–Crippen MR) is 59.4 cm³/mol. The van der Waals surface area contributed by atoms with Gasteiger partial charge >= 0.3 is 0 Å². The molecule has 0 radical (unpaired) electrons. The zero-order valence-electron chi connectivity index (χ0n) is 9.24. The molecule has 0 aromatic heterocycles. The van der Waals surface area contributed by atoms with Crippen molar-refractivity contribution in [1.82, 2.24) is 0 Å². The number of alkyl halides is 1. The second kappa shape index (κ2) is 4.31. The molecule has 80 valence electrons. The van der Waals surface area contributed by atoms with Gasteiger partial charge in [-0.25, -0.2) is 4.39 Å². The second-order valence-electron chi connectivity index (χ2n) is 4.04. The van der Waals surface area contributed by atoms with Gasteiger partial charge in [0.15, 0.2) is 6.04 Å². The number of halogens is 1. The first-order valence-corrected chi connectivity index (χ1v) is 4.83. The van der Waals surface area contributed by atoms with Crippen LogP contribution in [0.2, 0.25) is 0 Å². The van der Waals surface area contributed by atoms with Crippen molar-refractivity contribution >= 4 is 5.69 Å². The molecule has 1 aromatic rings. The minimum atomic E-state index is -1.54. The Balaban J connectivity index is 2.94. The summed E-state index contributed by atoms with van der Waals surface area (Å²) in [7, 11) is 1.73. The van der Waals surface area contributed by atoms with Gasteiger partial charge in [-0.3, -0.25) is 0 Å². The molecule has 0 aliphatic rings. The van der Waals surface area contributed by atoms with E-state index in [4.69, 9.17) is 5.26 Å². The molecule has 0 heterocycles. The number of nitriles is 1. The lowest BCUT2D eigenvalue weighted by molar-refractivity contribution is 0.195. The van der Waals surface area contributed by atoms with E-state index >= 15 is 0 Å². The van der Waals surface area contributed by atoms with E-state index in [1.54, 1.807) is 11.9 Å². The number of hydrogen-bond donors (Lipinski definition) is 0. The molecule has 0 spiro atoms. The Morgan fingerprint density at radius 3 is 2.27 bits per heavy atom. The molecular weight excluding hydrogens is 191 g/mol. The van der Waals surface area contributed by atoms with E-state index in [0.29, 0.717) is 0 Å². The first-order valence-electron chi connectivity index (χ1n) is 4.83. The smallest absolute Gasteiger partial charge is 0.150 e. The van der Waals surface area contributed by atoms with Crippen LogP contribution >= 0.6 is 0 Å². The van der Waals surface area contributed by atoms with Crippen molar-refractivity contribution in [3.63, 3.8) is 0 Å². The molecule has 1 atom stereocenters. The molecule has 0 saturated heterocycles. The fourth-order valence-electron chi connectivity index (χ4n) is 1.51. The van der Waals surface area contributed by atoms with Crippen molar-refractivity contribution in [2.24, 2.45) is 0 Å². The molecule has 2 nitrogen and oxygen atoms in total. The minimum absolute atomic E-state index is 0.778. The van der Waals surface area contributed by atoms with Gasteiger partial charge in [0.05, 0.1) is 6.07 Å². The third kappa shape index (κ3) is 2.69. The molecule has 3 heteroatoms. The molecule has 0 fully saturated rings. The summed E-state index contributed by atoms with van der Waals surface area (Å²) in [6.07, 6.45) is 0. The zero-order valence-corrected chi connectivity index (χ0v) is 9.24. The number of benzene rings is 1. The van der Waals surface area contributed by atoms with E-state index in [1.165, 1.54) is 13.8 Å². The van der Waals surface area contributed by atoms with Gasteiger partial charge in [-0.15, -0.1) is 0 Å². The van der Waals surface area contributed by atoms with E-state index in [-0.39, 0.29) is 0 Å². The van der Waals surface area contributed by atoms with Gasteiger partial charge in [-0.05, 0) is 26.0 Å². The molecule has 0 aliphatic heterocycles. The van der Waals surface area contributed by atoms with Gasteiger partial charge in [0.2, 0.25) is 0 Å². The first kappa shape index (κ1) is 11.5. The molecule has 15 heavy (non-hydrogen) atoms. The molecule has 0 aliphatic carbocycles. The maximum atomic E-state index is 13.7. The van der Waals surface area contributed by atoms with Gasteiger partial charge in [-0.2, -0.15) is 5.26 Å². The number of anilines is 1. The lowest BCUT2D eigenvalue weighted by Crippen LogP contribution is -2.44. The van der Waals surface area contributed by atoms with E-state index in [0.717, 1.165) is 5.69 Å². The van der Waals surface area contributed by atoms with E-state index in [2.05, 4.69) is 0 Å². The zero-order chi connectivity index (χ0) is 11.5. The van der Waals surface area contributed by atoms with Crippen LogP contribution < -0.4 is 4.90 Å². The van der Waals surface area contributed by atoms with Crippen molar-refractivity contribution < 1.29 is 4.39 Å². The van der Waals surface area contributed by atoms with Crippen molar-refractivity contribution in [3.8, 4) is 6.07 Å². The fourth-order valence-corrected chi connectivity index (χ4v) is 1.51. The summed E-state index contributed by atoms with van der Waals surface area (Å²) in [5, 5.41) is 8.96. The van der Waals surface area contributed by atoms with E-state index < -0.39 is 11.7 Å². The highest BCUT2D eigenvalue weighted by Crippen LogP contribution is 2.23. The highest BCUT2D eigenvalue weighted by Gasteiger charge is 2.32. The highest BCUT2D eigenvalue weighted by atomic mass is 19.1. The molecule has 0 saturated carbocycles. The first-order chi connectivity index (χ1) is 6.96. The molecule has 0 bridgehead atoms. The average molecular weight is 206 g/mol. The Labute approximate surface area is 89.9 Å². The van der Waals surface area contributed by atoms with Gasteiger partial charge < -0.3 is 4.90 Å². The molecule has 0 amide bonds. The summed E-state index contributed by atoms with van der Waals surface area (Å²) in [5.74, 6) is 0. The summed E-state index contributed by atoms with van der Waals surface area (Å²) < 4.78 is 13.7. The van der Waals surface area contributed by atoms with Gasteiger partial charge in [0, 0.05) is 12.7 Å². The number of hydrogen-bond acceptors (Lipinski definition) is 2. The maximum absolute atomic E-state index is 13.7. The molecule has 1 aromatic carbocycles. The summed E-state index contributed by atoms with van der Waals surface area (Å²) in [6.45, 7) is 2.83. The van der Waals surface area contributed by atoms with Crippen LogP contribution in [-0.2, 0) is 0 Å². The van der Waals surface area contributed by atoms with Crippen LogP contribution in [0.3, 0.4) is 0 Å². The lowest BCUT2D eigenvalue weighted by atomic mass is 10.0. The molecule has 0 N–H and O–H groups in total. The summed E-state index contributed by atoms with van der Waals surface area (Å²) >= 11 is 0. The number of nitrogens with zero attached hydrogens (tertiary/aromatic N) is 2. The number of rotatable bonds is 3. The lowest BCUT2D eigenvalue weighted by Gasteiger charge is -2.31. The van der Waals surface area contributed by atoms with Crippen molar-refractivity contribution in [2.45, 2.75) is 25.6 Å². The average Bonchev–Trinajstić information content (AvgIpc) is 2.18. The second-order valence-corrected chi connectivity index (χ2v) is 4.04. The Hall–Kier alpha value is -1.56. The monoisotopic (exact) mass is 206 g/mol. The van der Waals surface area contributed by atoms with E-state index in [1.807, 2.05) is 36.4 Å². The van der Waals surface area contributed by atoms with Gasteiger partial charge in [0.1, 0.15) is 5.67 Å². The molecular formula is C12H15FN2. The Morgan fingerprint density at radius 2 is 1.87 bits per heavy atom. The van der Waals surface area contributed by atoms with Crippen molar-refractivity contribution in [1.29, 1.82) is 5.26 Å². The van der Waals surface area contributed by atoms with Crippen LogP contribution in [0.4, 0.5) is 10.1 Å². The predicted octanol–water partition coefficient (Wildman–Crippen LogP) is 2.76. The van der Waals surface area contributed by atoms with Crippen LogP contribution in [0.15, 0.2) is 30.3 Å². The van der Waals surface area contributed by atoms with Crippen LogP contribution in [0.25, 0.3) is 0 Å². The van der Waals surface area contributed by atoms with Crippen LogP contribution in [0.5, 0.6) is 0 Å².